The Kier molecular flexibility index (Phi) is 6.18. The van der Waals surface area contributed by atoms with E-state index in [1.807, 2.05) is 4.90 Å². The fourth-order valence-electron chi connectivity index (χ4n) is 5.29. The molecule has 0 bridgehead atoms. The van der Waals surface area contributed by atoms with E-state index in [-0.39, 0.29) is 42.2 Å². The Bertz CT molecular complexity index is 1580. The number of nitrogens with zero attached hydrogens (tertiary/aromatic N) is 5. The average molecular weight is 530 g/mol. The summed E-state index contributed by atoms with van der Waals surface area (Å²) < 4.78 is 21.9. The minimum atomic E-state index is -1.12. The zero-order valence-electron chi connectivity index (χ0n) is 20.8. The molecule has 2 amide bonds. The number of fused-ring (bicyclic) bond motifs is 2. The van der Waals surface area contributed by atoms with E-state index in [2.05, 4.69) is 10.1 Å². The van der Waals surface area contributed by atoms with E-state index < -0.39 is 11.8 Å². The molecule has 11 heteroatoms. The van der Waals surface area contributed by atoms with E-state index in [1.54, 1.807) is 42.6 Å². The quantitative estimate of drug-likeness (QED) is 0.269. The fourth-order valence-corrected chi connectivity index (χ4v) is 5.29. The van der Waals surface area contributed by atoms with Gasteiger partial charge in [-0.05, 0) is 55.7 Å². The minimum absolute atomic E-state index is 0.000404. The molecule has 1 N–H and O–H groups in total. The van der Waals surface area contributed by atoms with Crippen LogP contribution < -0.4 is 9.64 Å². The largest absolute Gasteiger partial charge is 0.493 e. The summed E-state index contributed by atoms with van der Waals surface area (Å²) in [5.41, 5.74) is 1.70. The highest BCUT2D eigenvalue weighted by molar-refractivity contribution is 6.21. The predicted octanol–water partition coefficient (Wildman–Crippen LogP) is 3.97. The lowest BCUT2D eigenvalue weighted by Gasteiger charge is -2.27. The molecule has 0 spiro atoms. The lowest BCUT2D eigenvalue weighted by molar-refractivity contribution is 0.0643. The van der Waals surface area contributed by atoms with Crippen molar-refractivity contribution in [2.75, 3.05) is 24.6 Å². The zero-order chi connectivity index (χ0) is 27.1. The lowest BCUT2D eigenvalue weighted by Crippen LogP contribution is -2.31. The molecule has 0 aliphatic carbocycles. The van der Waals surface area contributed by atoms with Crippen LogP contribution in [0.25, 0.3) is 5.65 Å². The number of aromatic carboxylic acids is 1. The molecule has 2 aliphatic heterocycles. The van der Waals surface area contributed by atoms with Gasteiger partial charge in [0.05, 0.1) is 30.0 Å². The van der Waals surface area contributed by atoms with Crippen LogP contribution in [0.3, 0.4) is 0 Å². The Morgan fingerprint density at radius 1 is 1.10 bits per heavy atom. The number of halogens is 1. The molecule has 0 saturated carbocycles. The number of anilines is 1. The third-order valence-electron chi connectivity index (χ3n) is 7.12. The molecule has 4 aromatic rings. The summed E-state index contributed by atoms with van der Waals surface area (Å²) in [7, 11) is 0. The van der Waals surface area contributed by atoms with Crippen molar-refractivity contribution >= 4 is 29.2 Å². The van der Waals surface area contributed by atoms with Gasteiger partial charge in [-0.2, -0.15) is 5.10 Å². The molecule has 0 radical (unpaired) electrons. The van der Waals surface area contributed by atoms with Gasteiger partial charge < -0.3 is 14.7 Å². The van der Waals surface area contributed by atoms with Crippen LogP contribution in [0.1, 0.15) is 61.9 Å². The Morgan fingerprint density at radius 3 is 2.62 bits per heavy atom. The highest BCUT2D eigenvalue weighted by Crippen LogP contribution is 2.40. The second-order valence-electron chi connectivity index (χ2n) is 9.46. The monoisotopic (exact) mass is 529 g/mol. The number of hydrogen-bond donors (Lipinski definition) is 1. The van der Waals surface area contributed by atoms with E-state index in [9.17, 15) is 23.9 Å². The average Bonchev–Trinajstić information content (AvgIpc) is 3.65. The van der Waals surface area contributed by atoms with Gasteiger partial charge >= 0.3 is 5.97 Å². The first kappa shape index (κ1) is 24.5. The molecule has 2 aliphatic rings. The second kappa shape index (κ2) is 9.82. The maximum absolute atomic E-state index is 14.4. The van der Waals surface area contributed by atoms with Crippen LogP contribution >= 0.6 is 0 Å². The molecule has 4 heterocycles. The fraction of sp³-hybridized carbons (Fsp3) is 0.250. The van der Waals surface area contributed by atoms with E-state index in [0.717, 1.165) is 12.8 Å². The summed E-state index contributed by atoms with van der Waals surface area (Å²) in [5.74, 6) is -1.07. The summed E-state index contributed by atoms with van der Waals surface area (Å²) in [4.78, 5) is 44.6. The molecular weight excluding hydrogens is 505 g/mol. The minimum Gasteiger partial charge on any atom is -0.493 e. The molecule has 1 fully saturated rings. The first-order valence-electron chi connectivity index (χ1n) is 12.6. The maximum Gasteiger partial charge on any atom is 0.341 e. The lowest BCUT2D eigenvalue weighted by atomic mass is 10.0. The number of carbonyl (C=O) groups is 3. The summed E-state index contributed by atoms with van der Waals surface area (Å²) >= 11 is 0. The van der Waals surface area contributed by atoms with Gasteiger partial charge in [-0.1, -0.05) is 12.1 Å². The smallest absolute Gasteiger partial charge is 0.341 e. The Labute approximate surface area is 222 Å². The number of carboxylic acid groups (broad SMARTS) is 1. The van der Waals surface area contributed by atoms with Gasteiger partial charge in [0.2, 0.25) is 0 Å². The van der Waals surface area contributed by atoms with Crippen LogP contribution in [0.5, 0.6) is 5.75 Å². The summed E-state index contributed by atoms with van der Waals surface area (Å²) in [6, 6.07) is 12.6. The number of ether oxygens (including phenoxy) is 1. The topological polar surface area (TPSA) is 117 Å². The molecule has 6 rings (SSSR count). The molecule has 1 saturated heterocycles. The van der Waals surface area contributed by atoms with Crippen molar-refractivity contribution in [3.8, 4) is 5.75 Å². The summed E-state index contributed by atoms with van der Waals surface area (Å²) in [5, 5.41) is 13.5. The number of aromatic nitrogens is 3. The third kappa shape index (κ3) is 4.35. The standard InChI is InChI=1S/C28H24FN5O5/c29-17-8-9-23(39-14-4-12-33-26(35)18-5-1-2-6-19(18)27(33)36)20(15-17)22-7-3-11-32(22)24-10-13-34-25(31-24)21(16-30-34)28(37)38/h1-2,5-6,8-10,13,15-16,22H,3-4,7,11-12,14H2,(H,37,38). The first-order chi connectivity index (χ1) is 18.9. The number of imide groups is 1. The van der Waals surface area contributed by atoms with E-state index in [4.69, 9.17) is 4.74 Å². The number of amides is 2. The number of rotatable bonds is 8. The molecule has 2 aromatic heterocycles. The molecule has 39 heavy (non-hydrogen) atoms. The van der Waals surface area contributed by atoms with Crippen LogP contribution in [0, 0.1) is 5.82 Å². The molecule has 2 aromatic carbocycles. The first-order valence-corrected chi connectivity index (χ1v) is 12.6. The van der Waals surface area contributed by atoms with Crippen molar-refractivity contribution in [1.82, 2.24) is 19.5 Å². The van der Waals surface area contributed by atoms with Gasteiger partial charge in [0.1, 0.15) is 22.9 Å². The van der Waals surface area contributed by atoms with Gasteiger partial charge in [0.25, 0.3) is 11.8 Å². The van der Waals surface area contributed by atoms with E-state index >= 15 is 0 Å². The molecule has 1 unspecified atom stereocenters. The number of carboxylic acids is 1. The Hall–Kier alpha value is -4.80. The summed E-state index contributed by atoms with van der Waals surface area (Å²) in [6.07, 6.45) is 4.89. The second-order valence-corrected chi connectivity index (χ2v) is 9.46. The van der Waals surface area contributed by atoms with Crippen molar-refractivity contribution < 1.29 is 28.6 Å². The van der Waals surface area contributed by atoms with Crippen molar-refractivity contribution in [1.29, 1.82) is 0 Å². The van der Waals surface area contributed by atoms with Crippen LogP contribution in [0.15, 0.2) is 60.9 Å². The predicted molar refractivity (Wildman–Crippen MR) is 138 cm³/mol. The van der Waals surface area contributed by atoms with Gasteiger partial charge in [0, 0.05) is 24.8 Å². The number of benzene rings is 2. The van der Waals surface area contributed by atoms with Gasteiger partial charge in [0.15, 0.2) is 5.65 Å². The van der Waals surface area contributed by atoms with Crippen LogP contribution in [0.4, 0.5) is 10.2 Å². The van der Waals surface area contributed by atoms with Crippen molar-refractivity contribution in [3.05, 3.63) is 89.0 Å². The molecule has 1 atom stereocenters. The Balaban J connectivity index is 1.18. The molecular formula is C28H24FN5O5. The van der Waals surface area contributed by atoms with Crippen LogP contribution in [-0.4, -0.2) is 62.1 Å². The number of hydrogen-bond acceptors (Lipinski definition) is 7. The third-order valence-corrected chi connectivity index (χ3v) is 7.12. The zero-order valence-corrected chi connectivity index (χ0v) is 20.8. The Morgan fingerprint density at radius 2 is 1.87 bits per heavy atom. The van der Waals surface area contributed by atoms with Gasteiger partial charge in [-0.3, -0.25) is 14.5 Å². The van der Waals surface area contributed by atoms with E-state index in [0.29, 0.717) is 41.2 Å². The summed E-state index contributed by atoms with van der Waals surface area (Å²) in [6.45, 7) is 1.08. The van der Waals surface area contributed by atoms with Gasteiger partial charge in [-0.25, -0.2) is 18.7 Å². The SMILES string of the molecule is O=C(O)c1cnn2ccc(N3CCCC3c3cc(F)ccc3OCCCN3C(=O)c4ccccc4C3=O)nc12. The van der Waals surface area contributed by atoms with Crippen molar-refractivity contribution in [3.63, 3.8) is 0 Å². The number of carbonyl (C=O) groups excluding carboxylic acids is 2. The normalized spacial score (nSPS) is 16.8. The maximum atomic E-state index is 14.4. The molecule has 198 valence electrons. The van der Waals surface area contributed by atoms with Gasteiger partial charge in [-0.15, -0.1) is 0 Å². The molecule has 10 nitrogen and oxygen atoms in total. The highest BCUT2D eigenvalue weighted by Gasteiger charge is 2.35. The van der Waals surface area contributed by atoms with Crippen molar-refractivity contribution in [2.45, 2.75) is 25.3 Å². The van der Waals surface area contributed by atoms with Crippen LogP contribution in [0.2, 0.25) is 0 Å². The highest BCUT2D eigenvalue weighted by atomic mass is 19.1. The van der Waals surface area contributed by atoms with Crippen molar-refractivity contribution in [2.24, 2.45) is 0 Å². The van der Waals surface area contributed by atoms with E-state index in [1.165, 1.54) is 27.7 Å². The van der Waals surface area contributed by atoms with Crippen LogP contribution in [-0.2, 0) is 0 Å².